The van der Waals surface area contributed by atoms with Crippen LogP contribution in [0.25, 0.3) is 0 Å². The van der Waals surface area contributed by atoms with Gasteiger partial charge in [-0.05, 0) is 50.1 Å². The van der Waals surface area contributed by atoms with E-state index in [0.717, 1.165) is 0 Å². The molecular weight excluding hydrogens is 428 g/mol. The monoisotopic (exact) mass is 452 g/mol. The molecule has 1 fully saturated rings. The Labute approximate surface area is 182 Å². The number of piperidine rings is 1. The summed E-state index contributed by atoms with van der Waals surface area (Å²) >= 11 is 6.17. The van der Waals surface area contributed by atoms with Crippen molar-refractivity contribution in [3.05, 3.63) is 47.5 Å². The van der Waals surface area contributed by atoms with E-state index in [-0.39, 0.29) is 22.4 Å². The second-order valence-corrected chi connectivity index (χ2v) is 9.26. The van der Waals surface area contributed by atoms with Crippen molar-refractivity contribution >= 4 is 33.2 Å². The van der Waals surface area contributed by atoms with Crippen LogP contribution < -0.4 is 14.8 Å². The minimum Gasteiger partial charge on any atom is -0.495 e. The lowest BCUT2D eigenvalue weighted by Gasteiger charge is -2.31. The summed E-state index contributed by atoms with van der Waals surface area (Å²) in [6.45, 7) is 2.71. The Kier molecular flexibility index (Phi) is 7.23. The molecule has 3 rings (SSSR count). The van der Waals surface area contributed by atoms with Gasteiger partial charge in [0.05, 0.1) is 35.2 Å². The molecule has 0 spiro atoms. The van der Waals surface area contributed by atoms with Crippen LogP contribution in [-0.2, 0) is 14.8 Å². The van der Waals surface area contributed by atoms with Gasteiger partial charge < -0.3 is 14.8 Å². The zero-order valence-electron chi connectivity index (χ0n) is 16.9. The van der Waals surface area contributed by atoms with Crippen molar-refractivity contribution in [3.8, 4) is 11.5 Å². The Morgan fingerprint density at radius 1 is 1.23 bits per heavy atom. The van der Waals surface area contributed by atoms with Crippen molar-refractivity contribution in [3.63, 3.8) is 0 Å². The highest BCUT2D eigenvalue weighted by Gasteiger charge is 2.34. The highest BCUT2D eigenvalue weighted by Crippen LogP contribution is 2.31. The number of benzene rings is 2. The summed E-state index contributed by atoms with van der Waals surface area (Å²) in [5, 5.41) is 3.09. The SMILES string of the molecule is CCOc1ccc(S(=O)(=O)N2CCC[C@H](C(=O)Nc3ccccc3OC)C2)cc1Cl. The molecule has 1 heterocycles. The lowest BCUT2D eigenvalue weighted by Crippen LogP contribution is -2.43. The number of nitrogens with zero attached hydrogens (tertiary/aromatic N) is 1. The van der Waals surface area contributed by atoms with E-state index in [9.17, 15) is 13.2 Å². The van der Waals surface area contributed by atoms with Gasteiger partial charge >= 0.3 is 0 Å². The standard InChI is InChI=1S/C21H25ClN2O5S/c1-3-29-19-11-10-16(13-17(19)22)30(26,27)24-12-6-7-15(14-24)21(25)23-18-8-4-5-9-20(18)28-2/h4-5,8-11,13,15H,3,6-7,12,14H2,1-2H3,(H,23,25)/t15-/m0/s1. The molecule has 1 saturated heterocycles. The summed E-state index contributed by atoms with van der Waals surface area (Å²) in [7, 11) is -2.25. The van der Waals surface area contributed by atoms with Gasteiger partial charge in [-0.3, -0.25) is 4.79 Å². The molecule has 1 aliphatic heterocycles. The Morgan fingerprint density at radius 2 is 2.00 bits per heavy atom. The van der Waals surface area contributed by atoms with Gasteiger partial charge in [-0.2, -0.15) is 4.31 Å². The maximum atomic E-state index is 13.1. The Bertz CT molecular complexity index is 1010. The molecule has 0 bridgehead atoms. The van der Waals surface area contributed by atoms with Crippen LogP contribution in [0.5, 0.6) is 11.5 Å². The summed E-state index contributed by atoms with van der Waals surface area (Å²) in [5.41, 5.74) is 0.559. The number of ether oxygens (including phenoxy) is 2. The number of hydrogen-bond acceptors (Lipinski definition) is 5. The Balaban J connectivity index is 1.75. The van der Waals surface area contributed by atoms with Crippen LogP contribution in [0.2, 0.25) is 5.02 Å². The number of para-hydroxylation sites is 2. The van der Waals surface area contributed by atoms with Crippen molar-refractivity contribution in [2.75, 3.05) is 32.1 Å². The molecule has 1 atom stereocenters. The number of anilines is 1. The van der Waals surface area contributed by atoms with Crippen LogP contribution in [-0.4, -0.2) is 45.4 Å². The third kappa shape index (κ3) is 4.88. The predicted octanol–water partition coefficient (Wildman–Crippen LogP) is 3.79. The molecule has 0 saturated carbocycles. The van der Waals surface area contributed by atoms with Crippen LogP contribution in [0.3, 0.4) is 0 Å². The molecule has 7 nitrogen and oxygen atoms in total. The maximum Gasteiger partial charge on any atom is 0.243 e. The average molecular weight is 453 g/mol. The van der Waals surface area contributed by atoms with Gasteiger partial charge in [0.15, 0.2) is 0 Å². The molecule has 1 N–H and O–H groups in total. The van der Waals surface area contributed by atoms with Crippen molar-refractivity contribution in [2.45, 2.75) is 24.7 Å². The number of hydrogen-bond donors (Lipinski definition) is 1. The summed E-state index contributed by atoms with van der Waals surface area (Å²) < 4.78 is 38.2. The lowest BCUT2D eigenvalue weighted by atomic mass is 9.98. The number of rotatable bonds is 7. The molecule has 2 aromatic carbocycles. The first-order valence-electron chi connectivity index (χ1n) is 9.73. The minimum atomic E-state index is -3.78. The zero-order valence-corrected chi connectivity index (χ0v) is 18.5. The average Bonchev–Trinajstić information content (AvgIpc) is 2.75. The molecular formula is C21H25ClN2O5S. The second-order valence-electron chi connectivity index (χ2n) is 6.92. The fourth-order valence-corrected chi connectivity index (χ4v) is 5.27. The molecule has 1 amide bonds. The van der Waals surface area contributed by atoms with E-state index in [0.29, 0.717) is 43.2 Å². The Morgan fingerprint density at radius 3 is 2.70 bits per heavy atom. The van der Waals surface area contributed by atoms with Crippen LogP contribution in [0.4, 0.5) is 5.69 Å². The first-order valence-corrected chi connectivity index (χ1v) is 11.5. The van der Waals surface area contributed by atoms with Crippen molar-refractivity contribution < 1.29 is 22.7 Å². The van der Waals surface area contributed by atoms with Gasteiger partial charge in [0.1, 0.15) is 11.5 Å². The third-order valence-electron chi connectivity index (χ3n) is 4.96. The van der Waals surface area contributed by atoms with Gasteiger partial charge in [-0.25, -0.2) is 8.42 Å². The molecule has 1 aliphatic rings. The van der Waals surface area contributed by atoms with E-state index < -0.39 is 15.9 Å². The number of carbonyl (C=O) groups excluding carboxylic acids is 1. The lowest BCUT2D eigenvalue weighted by molar-refractivity contribution is -0.120. The highest BCUT2D eigenvalue weighted by molar-refractivity contribution is 7.89. The molecule has 0 unspecified atom stereocenters. The summed E-state index contributed by atoms with van der Waals surface area (Å²) in [6, 6.07) is 11.5. The van der Waals surface area contributed by atoms with Crippen molar-refractivity contribution in [1.29, 1.82) is 0 Å². The van der Waals surface area contributed by atoms with Crippen LogP contribution >= 0.6 is 11.6 Å². The first-order chi connectivity index (χ1) is 14.4. The fourth-order valence-electron chi connectivity index (χ4n) is 3.42. The molecule has 162 valence electrons. The van der Waals surface area contributed by atoms with Crippen LogP contribution in [0.1, 0.15) is 19.8 Å². The molecule has 2 aromatic rings. The minimum absolute atomic E-state index is 0.0849. The van der Waals surface area contributed by atoms with E-state index in [2.05, 4.69) is 5.32 Å². The van der Waals surface area contributed by atoms with Crippen LogP contribution in [0.15, 0.2) is 47.4 Å². The summed E-state index contributed by atoms with van der Waals surface area (Å²) in [5.74, 6) is 0.293. The van der Waals surface area contributed by atoms with Gasteiger partial charge in [0, 0.05) is 13.1 Å². The molecule has 0 aromatic heterocycles. The molecule has 9 heteroatoms. The highest BCUT2D eigenvalue weighted by atomic mass is 35.5. The van der Waals surface area contributed by atoms with Gasteiger partial charge in [0.25, 0.3) is 0 Å². The van der Waals surface area contributed by atoms with Gasteiger partial charge in [0.2, 0.25) is 15.9 Å². The first kappa shape index (κ1) is 22.4. The number of nitrogens with one attached hydrogen (secondary N) is 1. The number of carbonyl (C=O) groups is 1. The zero-order chi connectivity index (χ0) is 21.7. The van der Waals surface area contributed by atoms with E-state index in [4.69, 9.17) is 21.1 Å². The van der Waals surface area contributed by atoms with Gasteiger partial charge in [-0.15, -0.1) is 0 Å². The smallest absolute Gasteiger partial charge is 0.243 e. The van der Waals surface area contributed by atoms with E-state index >= 15 is 0 Å². The van der Waals surface area contributed by atoms with Gasteiger partial charge in [-0.1, -0.05) is 23.7 Å². The molecule has 0 aliphatic carbocycles. The normalized spacial score (nSPS) is 17.4. The topological polar surface area (TPSA) is 84.9 Å². The number of halogens is 1. The van der Waals surface area contributed by atoms with Crippen molar-refractivity contribution in [1.82, 2.24) is 4.31 Å². The number of sulfonamides is 1. The fraction of sp³-hybridized carbons (Fsp3) is 0.381. The number of methoxy groups -OCH3 is 1. The van der Waals surface area contributed by atoms with Crippen molar-refractivity contribution in [2.24, 2.45) is 5.92 Å². The third-order valence-corrected chi connectivity index (χ3v) is 7.12. The van der Waals surface area contributed by atoms with Crippen LogP contribution in [0, 0.1) is 5.92 Å². The number of amides is 1. The predicted molar refractivity (Wildman–Crippen MR) is 116 cm³/mol. The molecule has 0 radical (unpaired) electrons. The van der Waals surface area contributed by atoms with E-state index in [1.54, 1.807) is 24.3 Å². The molecule has 30 heavy (non-hydrogen) atoms. The maximum absolute atomic E-state index is 13.1. The summed E-state index contributed by atoms with van der Waals surface area (Å²) in [4.78, 5) is 12.9. The van der Waals surface area contributed by atoms with E-state index in [1.165, 1.54) is 23.5 Å². The largest absolute Gasteiger partial charge is 0.495 e. The second kappa shape index (κ2) is 9.68. The summed E-state index contributed by atoms with van der Waals surface area (Å²) in [6.07, 6.45) is 1.20. The van der Waals surface area contributed by atoms with E-state index in [1.807, 2.05) is 13.0 Å². The quantitative estimate of drug-likeness (QED) is 0.690. The Hall–Kier alpha value is -2.29.